The average molecular weight is 675 g/mol. The Bertz CT molecular complexity index is 1890. The number of benzene rings is 4. The number of methoxy groups -OCH3 is 1. The topological polar surface area (TPSA) is 86.9 Å². The molecule has 7 rings (SSSR count). The maximum atomic E-state index is 13.2. The van der Waals surface area contributed by atoms with Gasteiger partial charge in [-0.15, -0.1) is 0 Å². The van der Waals surface area contributed by atoms with Gasteiger partial charge in [-0.3, -0.25) is 0 Å². The fourth-order valence-electron chi connectivity index (χ4n) is 7.24. The van der Waals surface area contributed by atoms with Gasteiger partial charge in [-0.05, 0) is 135 Å². The molecule has 7 heteroatoms. The molecule has 2 heterocycles. The van der Waals surface area contributed by atoms with Crippen LogP contribution in [-0.4, -0.2) is 49.1 Å². The number of fused-ring (bicyclic) bond motifs is 3. The molecule has 0 spiro atoms. The summed E-state index contributed by atoms with van der Waals surface area (Å²) < 4.78 is 28.5. The predicted molar refractivity (Wildman–Crippen MR) is 192 cm³/mol. The maximum absolute atomic E-state index is 13.2. The molecule has 4 atom stereocenters. The maximum Gasteiger partial charge on any atom is 0.343 e. The molecule has 260 valence electrons. The van der Waals surface area contributed by atoms with E-state index in [4.69, 9.17) is 23.7 Å². The van der Waals surface area contributed by atoms with Crippen LogP contribution in [0.2, 0.25) is 0 Å². The molecular weight excluding hydrogens is 628 g/mol. The van der Waals surface area contributed by atoms with Crippen molar-refractivity contribution in [1.82, 2.24) is 0 Å². The van der Waals surface area contributed by atoms with Gasteiger partial charge >= 0.3 is 11.9 Å². The number of esters is 2. The van der Waals surface area contributed by atoms with Gasteiger partial charge in [-0.25, -0.2) is 9.59 Å². The van der Waals surface area contributed by atoms with Crippen molar-refractivity contribution in [3.05, 3.63) is 118 Å². The Morgan fingerprint density at radius 2 is 1.22 bits per heavy atom. The third-order valence-electron chi connectivity index (χ3n) is 10.6. The number of ether oxygens (including phenoxy) is 5. The second kappa shape index (κ2) is 13.4. The fraction of sp³-hybridized carbons (Fsp3) is 0.395. The molecule has 0 N–H and O–H groups in total. The summed E-state index contributed by atoms with van der Waals surface area (Å²) in [5.74, 6) is 0.560. The summed E-state index contributed by atoms with van der Waals surface area (Å²) in [6, 6.07) is 26.9. The number of hydrogen-bond donors (Lipinski definition) is 0. The van der Waals surface area contributed by atoms with Gasteiger partial charge in [0, 0.05) is 26.1 Å². The third kappa shape index (κ3) is 7.27. The van der Waals surface area contributed by atoms with Gasteiger partial charge in [0.25, 0.3) is 0 Å². The highest BCUT2D eigenvalue weighted by atomic mass is 16.6. The third-order valence-corrected chi connectivity index (χ3v) is 10.6. The Morgan fingerprint density at radius 1 is 0.720 bits per heavy atom. The molecule has 2 fully saturated rings. The lowest BCUT2D eigenvalue weighted by atomic mass is 9.87. The van der Waals surface area contributed by atoms with Crippen LogP contribution in [-0.2, 0) is 20.6 Å². The van der Waals surface area contributed by atoms with Crippen molar-refractivity contribution in [2.75, 3.05) is 13.7 Å². The molecule has 0 radical (unpaired) electrons. The fourth-order valence-corrected chi connectivity index (χ4v) is 7.24. The lowest BCUT2D eigenvalue weighted by Crippen LogP contribution is -2.11. The second-order valence-corrected chi connectivity index (χ2v) is 15.0. The molecule has 3 aliphatic rings. The van der Waals surface area contributed by atoms with E-state index < -0.39 is 11.9 Å². The monoisotopic (exact) mass is 674 g/mol. The summed E-state index contributed by atoms with van der Waals surface area (Å²) in [7, 11) is 1.73. The van der Waals surface area contributed by atoms with Crippen molar-refractivity contribution >= 4 is 11.9 Å². The van der Waals surface area contributed by atoms with Crippen LogP contribution in [0, 0.1) is 0 Å². The van der Waals surface area contributed by atoms with Crippen molar-refractivity contribution < 1.29 is 33.3 Å². The van der Waals surface area contributed by atoms with Crippen LogP contribution >= 0.6 is 0 Å². The van der Waals surface area contributed by atoms with Crippen LogP contribution in [0.3, 0.4) is 0 Å². The molecule has 4 unspecified atom stereocenters. The van der Waals surface area contributed by atoms with E-state index in [1.807, 2.05) is 84.9 Å². The standard InChI is InChI=1S/C43H46O7/c1-26-36-24-32(47-40(44)29-11-9-27(10-12-29)22-38-42(2,3)49-38)17-19-34(36)35-20-18-33(25-37(26)35)48-41(45)30-15-13-28(14-16-30)31(8-7-21-46-6)23-39-43(4,5)50-39/h9-20,24-26,31,38-39H,7-8,21-23H2,1-6H3. The second-order valence-electron chi connectivity index (χ2n) is 15.0. The molecular formula is C43H46O7. The molecule has 50 heavy (non-hydrogen) atoms. The largest absolute Gasteiger partial charge is 0.423 e. The number of epoxide rings is 2. The van der Waals surface area contributed by atoms with Crippen LogP contribution in [0.1, 0.15) is 109 Å². The van der Waals surface area contributed by atoms with Gasteiger partial charge in [-0.1, -0.05) is 43.3 Å². The van der Waals surface area contributed by atoms with E-state index >= 15 is 0 Å². The first-order valence-corrected chi connectivity index (χ1v) is 17.7. The molecule has 7 nitrogen and oxygen atoms in total. The first-order chi connectivity index (χ1) is 23.9. The first-order valence-electron chi connectivity index (χ1n) is 17.7. The molecule has 1 aliphatic carbocycles. The van der Waals surface area contributed by atoms with Crippen LogP contribution < -0.4 is 9.47 Å². The Labute approximate surface area is 294 Å². The van der Waals surface area contributed by atoms with Crippen LogP contribution in [0.25, 0.3) is 11.1 Å². The van der Waals surface area contributed by atoms with Gasteiger partial charge < -0.3 is 23.7 Å². The molecule has 0 bridgehead atoms. The van der Waals surface area contributed by atoms with E-state index in [0.29, 0.717) is 28.5 Å². The van der Waals surface area contributed by atoms with Gasteiger partial charge in [0.1, 0.15) is 11.5 Å². The minimum Gasteiger partial charge on any atom is -0.423 e. The molecule has 0 aromatic heterocycles. The molecule has 2 saturated heterocycles. The van der Waals surface area contributed by atoms with Crippen LogP contribution in [0.4, 0.5) is 0 Å². The predicted octanol–water partition coefficient (Wildman–Crippen LogP) is 9.05. The summed E-state index contributed by atoms with van der Waals surface area (Å²) in [5.41, 5.74) is 7.48. The van der Waals surface area contributed by atoms with Crippen molar-refractivity contribution in [1.29, 1.82) is 0 Å². The highest BCUT2D eigenvalue weighted by Crippen LogP contribution is 2.47. The molecule has 2 aliphatic heterocycles. The normalized spacial score (nSPS) is 21.1. The van der Waals surface area contributed by atoms with Crippen molar-refractivity contribution in [3.8, 4) is 22.6 Å². The molecule has 0 amide bonds. The van der Waals surface area contributed by atoms with Gasteiger partial charge in [0.05, 0.1) is 34.5 Å². The number of carbonyl (C=O) groups is 2. The summed E-state index contributed by atoms with van der Waals surface area (Å²) in [6.07, 6.45) is 4.20. The van der Waals surface area contributed by atoms with E-state index in [0.717, 1.165) is 60.1 Å². The Balaban J connectivity index is 0.981. The summed E-state index contributed by atoms with van der Waals surface area (Å²) in [4.78, 5) is 26.2. The highest BCUT2D eigenvalue weighted by Gasteiger charge is 2.48. The van der Waals surface area contributed by atoms with E-state index in [9.17, 15) is 9.59 Å². The summed E-state index contributed by atoms with van der Waals surface area (Å²) in [6.45, 7) is 11.3. The lowest BCUT2D eigenvalue weighted by Gasteiger charge is -2.17. The molecule has 4 aromatic carbocycles. The Hall–Kier alpha value is -4.30. The van der Waals surface area contributed by atoms with Crippen molar-refractivity contribution in [3.63, 3.8) is 0 Å². The van der Waals surface area contributed by atoms with Crippen molar-refractivity contribution in [2.24, 2.45) is 0 Å². The average Bonchev–Trinajstić information content (AvgIpc) is 3.89. The molecule has 0 saturated carbocycles. The van der Waals surface area contributed by atoms with Gasteiger partial charge in [-0.2, -0.15) is 0 Å². The van der Waals surface area contributed by atoms with Gasteiger partial charge in [0.2, 0.25) is 0 Å². The first kappa shape index (κ1) is 34.2. The van der Waals surface area contributed by atoms with E-state index in [1.165, 1.54) is 5.56 Å². The lowest BCUT2D eigenvalue weighted by molar-refractivity contribution is 0.0725. The summed E-state index contributed by atoms with van der Waals surface area (Å²) >= 11 is 0. The quantitative estimate of drug-likeness (QED) is 0.0605. The van der Waals surface area contributed by atoms with Crippen molar-refractivity contribution in [2.45, 2.75) is 95.5 Å². The van der Waals surface area contributed by atoms with E-state index in [-0.39, 0.29) is 29.3 Å². The van der Waals surface area contributed by atoms with Crippen LogP contribution in [0.15, 0.2) is 84.9 Å². The van der Waals surface area contributed by atoms with E-state index in [1.54, 1.807) is 7.11 Å². The van der Waals surface area contributed by atoms with Crippen LogP contribution in [0.5, 0.6) is 11.5 Å². The highest BCUT2D eigenvalue weighted by molar-refractivity contribution is 5.92. The zero-order valence-electron chi connectivity index (χ0n) is 29.8. The number of carbonyl (C=O) groups excluding carboxylic acids is 2. The zero-order chi connectivity index (χ0) is 35.2. The van der Waals surface area contributed by atoms with E-state index in [2.05, 4.69) is 34.6 Å². The number of rotatable bonds is 13. The molecule has 4 aromatic rings. The Morgan fingerprint density at radius 3 is 1.70 bits per heavy atom. The SMILES string of the molecule is COCCCC(CC1OC1(C)C)c1ccc(C(=O)Oc2ccc3c(c2)C(C)c2cc(OC(=O)c4ccc(CC5OC5(C)C)cc4)ccc2-3)cc1. The minimum atomic E-state index is -0.396. The van der Waals surface area contributed by atoms with Gasteiger partial charge in [0.15, 0.2) is 0 Å². The zero-order valence-corrected chi connectivity index (χ0v) is 29.8. The minimum absolute atomic E-state index is 0.0280. The Kier molecular flexibility index (Phi) is 9.18. The number of hydrogen-bond acceptors (Lipinski definition) is 7. The smallest absolute Gasteiger partial charge is 0.343 e. The summed E-state index contributed by atoms with van der Waals surface area (Å²) in [5, 5.41) is 0.